The van der Waals surface area contributed by atoms with E-state index in [0.717, 1.165) is 5.56 Å². The first kappa shape index (κ1) is 13.4. The second kappa shape index (κ2) is 5.61. The van der Waals surface area contributed by atoms with Gasteiger partial charge in [0.05, 0.1) is 12.1 Å². The van der Waals surface area contributed by atoms with E-state index >= 15 is 0 Å². The molecule has 1 rings (SSSR count). The molecule has 0 bridgehead atoms. The Labute approximate surface area is 100 Å². The molecule has 0 saturated carbocycles. The Hall–Kier alpha value is -1.65. The van der Waals surface area contributed by atoms with Crippen LogP contribution in [-0.2, 0) is 20.7 Å². The van der Waals surface area contributed by atoms with Crippen molar-refractivity contribution in [3.05, 3.63) is 17.0 Å². The number of hydrogen-bond donors (Lipinski definition) is 0. The van der Waals surface area contributed by atoms with Crippen LogP contribution in [0, 0.1) is 13.8 Å². The summed E-state index contributed by atoms with van der Waals surface area (Å²) in [6.07, 6.45) is -0.240. The Morgan fingerprint density at radius 2 is 2.06 bits per heavy atom. The number of ketones is 1. The van der Waals surface area contributed by atoms with Gasteiger partial charge in [-0.2, -0.15) is 0 Å². The van der Waals surface area contributed by atoms with E-state index in [0.29, 0.717) is 17.9 Å². The molecule has 0 aliphatic heterocycles. The predicted molar refractivity (Wildman–Crippen MR) is 60.5 cm³/mol. The summed E-state index contributed by atoms with van der Waals surface area (Å²) >= 11 is 0. The van der Waals surface area contributed by atoms with E-state index in [9.17, 15) is 9.59 Å². The number of carbonyl (C=O) groups excluding carboxylic acids is 2. The normalized spacial score (nSPS) is 12.2. The molecule has 0 aliphatic rings. The second-order valence-electron chi connectivity index (χ2n) is 3.93. The van der Waals surface area contributed by atoms with Crippen LogP contribution in [0.1, 0.15) is 37.3 Å². The molecule has 0 aromatic carbocycles. The minimum absolute atomic E-state index is 0.0858. The van der Waals surface area contributed by atoms with Crippen LogP contribution in [0.3, 0.4) is 0 Å². The van der Waals surface area contributed by atoms with Crippen LogP contribution in [0.25, 0.3) is 0 Å². The van der Waals surface area contributed by atoms with Gasteiger partial charge in [-0.05, 0) is 20.8 Å². The zero-order valence-electron chi connectivity index (χ0n) is 10.6. The zero-order chi connectivity index (χ0) is 13.0. The number of ether oxygens (including phenoxy) is 1. The molecule has 0 aliphatic carbocycles. The van der Waals surface area contributed by atoms with Crippen LogP contribution in [-0.4, -0.2) is 23.0 Å². The van der Waals surface area contributed by atoms with Gasteiger partial charge in [0.15, 0.2) is 11.9 Å². The number of carbonyl (C=O) groups is 2. The fraction of sp³-hybridized carbons (Fsp3) is 0.583. The summed E-state index contributed by atoms with van der Waals surface area (Å²) < 4.78 is 9.97. The van der Waals surface area contributed by atoms with Gasteiger partial charge in [0.1, 0.15) is 5.76 Å². The lowest BCUT2D eigenvalue weighted by atomic mass is 10.1. The molecule has 1 aromatic heterocycles. The first-order valence-electron chi connectivity index (χ1n) is 5.59. The smallest absolute Gasteiger partial charge is 0.311 e. The molecule has 0 radical (unpaired) electrons. The van der Waals surface area contributed by atoms with E-state index in [2.05, 4.69) is 5.16 Å². The van der Waals surface area contributed by atoms with Crippen molar-refractivity contribution in [3.63, 3.8) is 0 Å². The molecule has 0 spiro atoms. The van der Waals surface area contributed by atoms with Crippen molar-refractivity contribution in [3.8, 4) is 0 Å². The second-order valence-corrected chi connectivity index (χ2v) is 3.93. The minimum atomic E-state index is -0.687. The molecule has 1 atom stereocenters. The van der Waals surface area contributed by atoms with Gasteiger partial charge in [-0.15, -0.1) is 0 Å². The van der Waals surface area contributed by atoms with Crippen molar-refractivity contribution in [2.75, 3.05) is 0 Å². The van der Waals surface area contributed by atoms with Gasteiger partial charge in [-0.1, -0.05) is 12.1 Å². The van der Waals surface area contributed by atoms with Gasteiger partial charge in [0.25, 0.3) is 0 Å². The van der Waals surface area contributed by atoms with E-state index in [1.165, 1.54) is 0 Å². The SMILES string of the molecule is CCC(=O)C(C)OC(=O)Cc1c(C)noc1C. The lowest BCUT2D eigenvalue weighted by molar-refractivity contribution is -0.153. The summed E-state index contributed by atoms with van der Waals surface area (Å²) in [5.41, 5.74) is 1.40. The molecule has 94 valence electrons. The van der Waals surface area contributed by atoms with Crippen molar-refractivity contribution in [1.29, 1.82) is 0 Å². The average Bonchev–Trinajstić information content (AvgIpc) is 2.59. The third-order valence-electron chi connectivity index (χ3n) is 2.61. The van der Waals surface area contributed by atoms with Crippen LogP contribution in [0.5, 0.6) is 0 Å². The van der Waals surface area contributed by atoms with Crippen LogP contribution in [0.2, 0.25) is 0 Å². The highest BCUT2D eigenvalue weighted by Gasteiger charge is 2.19. The van der Waals surface area contributed by atoms with E-state index in [4.69, 9.17) is 9.26 Å². The fourth-order valence-corrected chi connectivity index (χ4v) is 1.49. The van der Waals surface area contributed by atoms with E-state index in [1.54, 1.807) is 27.7 Å². The van der Waals surface area contributed by atoms with Crippen molar-refractivity contribution < 1.29 is 18.8 Å². The maximum atomic E-state index is 11.6. The molecular weight excluding hydrogens is 222 g/mol. The number of aryl methyl sites for hydroxylation is 2. The first-order chi connectivity index (χ1) is 7.95. The van der Waals surface area contributed by atoms with Crippen molar-refractivity contribution >= 4 is 11.8 Å². The molecule has 0 amide bonds. The van der Waals surface area contributed by atoms with E-state index in [-0.39, 0.29) is 12.2 Å². The Morgan fingerprint density at radius 3 is 2.53 bits per heavy atom. The number of aromatic nitrogens is 1. The molecule has 1 heterocycles. The van der Waals surface area contributed by atoms with Gasteiger partial charge in [0.2, 0.25) is 0 Å². The lowest BCUT2D eigenvalue weighted by Gasteiger charge is -2.10. The van der Waals surface area contributed by atoms with Gasteiger partial charge in [0, 0.05) is 12.0 Å². The average molecular weight is 239 g/mol. The third kappa shape index (κ3) is 3.41. The fourth-order valence-electron chi connectivity index (χ4n) is 1.49. The molecule has 5 nitrogen and oxygen atoms in total. The van der Waals surface area contributed by atoms with Crippen LogP contribution in [0.15, 0.2) is 4.52 Å². The molecule has 1 unspecified atom stereocenters. The summed E-state index contributed by atoms with van der Waals surface area (Å²) in [6, 6.07) is 0. The Morgan fingerprint density at radius 1 is 1.41 bits per heavy atom. The Balaban J connectivity index is 2.59. The summed E-state index contributed by atoms with van der Waals surface area (Å²) in [5, 5.41) is 3.75. The zero-order valence-corrected chi connectivity index (χ0v) is 10.6. The summed E-state index contributed by atoms with van der Waals surface area (Å²) in [7, 11) is 0. The van der Waals surface area contributed by atoms with Gasteiger partial charge >= 0.3 is 5.97 Å². The Bertz CT molecular complexity index is 403. The predicted octanol–water partition coefficient (Wildman–Crippen LogP) is 1.74. The van der Waals surface area contributed by atoms with Crippen LogP contribution >= 0.6 is 0 Å². The molecule has 17 heavy (non-hydrogen) atoms. The topological polar surface area (TPSA) is 69.4 Å². The third-order valence-corrected chi connectivity index (χ3v) is 2.61. The van der Waals surface area contributed by atoms with Gasteiger partial charge in [-0.25, -0.2) is 0 Å². The molecule has 0 saturated heterocycles. The van der Waals surface area contributed by atoms with E-state index < -0.39 is 12.1 Å². The maximum Gasteiger partial charge on any atom is 0.311 e. The molecule has 5 heteroatoms. The largest absolute Gasteiger partial charge is 0.454 e. The van der Waals surface area contributed by atoms with Crippen molar-refractivity contribution in [1.82, 2.24) is 5.16 Å². The minimum Gasteiger partial charge on any atom is -0.454 e. The lowest BCUT2D eigenvalue weighted by Crippen LogP contribution is -2.24. The summed E-state index contributed by atoms with van der Waals surface area (Å²) in [6.45, 7) is 6.82. The molecular formula is C12H17NO4. The number of hydrogen-bond acceptors (Lipinski definition) is 5. The number of rotatable bonds is 5. The van der Waals surface area contributed by atoms with Crippen molar-refractivity contribution in [2.24, 2.45) is 0 Å². The van der Waals surface area contributed by atoms with Crippen molar-refractivity contribution in [2.45, 2.75) is 46.6 Å². The highest BCUT2D eigenvalue weighted by Crippen LogP contribution is 2.13. The highest BCUT2D eigenvalue weighted by atomic mass is 16.5. The van der Waals surface area contributed by atoms with Gasteiger partial charge in [-0.3, -0.25) is 9.59 Å². The van der Waals surface area contributed by atoms with Crippen LogP contribution in [0.4, 0.5) is 0 Å². The number of nitrogens with zero attached hydrogens (tertiary/aromatic N) is 1. The first-order valence-corrected chi connectivity index (χ1v) is 5.59. The maximum absolute atomic E-state index is 11.6. The standard InChI is InChI=1S/C12H17NO4/c1-5-11(14)9(4)16-12(15)6-10-7(2)13-17-8(10)3/h9H,5-6H2,1-4H3. The Kier molecular flexibility index (Phi) is 4.43. The number of Topliss-reactive ketones (excluding diaryl/α,β-unsaturated/α-hetero) is 1. The molecule has 1 aromatic rings. The van der Waals surface area contributed by atoms with Crippen LogP contribution < -0.4 is 0 Å². The quantitative estimate of drug-likeness (QED) is 0.732. The monoisotopic (exact) mass is 239 g/mol. The summed E-state index contributed by atoms with van der Waals surface area (Å²) in [4.78, 5) is 22.9. The summed E-state index contributed by atoms with van der Waals surface area (Å²) in [5.74, 6) is 0.0831. The molecule has 0 fully saturated rings. The van der Waals surface area contributed by atoms with E-state index in [1.807, 2.05) is 0 Å². The molecule has 0 N–H and O–H groups in total. The van der Waals surface area contributed by atoms with Gasteiger partial charge < -0.3 is 9.26 Å². The number of esters is 1. The highest BCUT2D eigenvalue weighted by molar-refractivity contribution is 5.85.